The second kappa shape index (κ2) is 8.51. The van der Waals surface area contributed by atoms with Crippen molar-refractivity contribution in [2.24, 2.45) is 0 Å². The van der Waals surface area contributed by atoms with Crippen LogP contribution in [-0.4, -0.2) is 50.7 Å². The van der Waals surface area contributed by atoms with E-state index in [9.17, 15) is 24.4 Å². The number of rotatable bonds is 5. The number of aryl methyl sites for hydroxylation is 2. The highest BCUT2D eigenvalue weighted by atomic mass is 32.1. The number of aromatic amines is 1. The number of hydrogen-bond donors (Lipinski definition) is 3. The smallest absolute Gasteiger partial charge is 0.403 e. The molecule has 2 aromatic rings. The molecule has 2 aliphatic heterocycles. The Bertz CT molecular complexity index is 1280. The van der Waals surface area contributed by atoms with E-state index in [0.717, 1.165) is 16.3 Å². The molecule has 0 radical (unpaired) electrons. The van der Waals surface area contributed by atoms with Crippen LogP contribution in [0.1, 0.15) is 33.3 Å². The topological polar surface area (TPSA) is 149 Å². The van der Waals surface area contributed by atoms with Gasteiger partial charge in [0.05, 0.1) is 12.2 Å². The van der Waals surface area contributed by atoms with Crippen molar-refractivity contribution in [2.45, 2.75) is 44.7 Å². The average Bonchev–Trinajstić information content (AvgIpc) is 2.98. The number of hydrogen-bond acceptors (Lipinski definition) is 10. The van der Waals surface area contributed by atoms with Gasteiger partial charge in [-0.25, -0.2) is 8.96 Å². The summed E-state index contributed by atoms with van der Waals surface area (Å²) < 4.78 is 49.8. The summed E-state index contributed by atoms with van der Waals surface area (Å²) in [6.45, 7) is 2.38. The molecule has 14 heteroatoms. The Labute approximate surface area is 191 Å². The number of carbonyl (C=O) groups is 1. The normalized spacial score (nSPS) is 31.1. The van der Waals surface area contributed by atoms with Crippen molar-refractivity contribution in [3.8, 4) is 5.75 Å². The Morgan fingerprint density at radius 2 is 2.15 bits per heavy atom. The Morgan fingerprint density at radius 1 is 1.42 bits per heavy atom. The van der Waals surface area contributed by atoms with Gasteiger partial charge in [-0.15, -0.1) is 0 Å². The number of phosphoric acid groups is 1. The summed E-state index contributed by atoms with van der Waals surface area (Å²) in [7, 11) is -4.28. The number of carbonyl (C=O) groups excluding carboxylic acids is 1. The van der Waals surface area contributed by atoms with E-state index in [1.165, 1.54) is 0 Å². The number of H-pyrrole nitrogens is 1. The number of aldehydes is 1. The molecule has 3 N–H and O–H groups in total. The minimum absolute atomic E-state index is 0.107. The van der Waals surface area contributed by atoms with Gasteiger partial charge in [0.1, 0.15) is 24.6 Å². The van der Waals surface area contributed by atoms with Crippen LogP contribution in [0.3, 0.4) is 0 Å². The SMILES string of the molecule is Cc1cc(C)c2c(c1)COP(=O)(OC[C@@]1(F)O[C@@H](n3cc(C=O)c(=O)[nH]c3=S)[C@H](O)[C@@H]1O)O2. The largest absolute Gasteiger partial charge is 0.530 e. The number of halogens is 1. The summed E-state index contributed by atoms with van der Waals surface area (Å²) in [6, 6.07) is 3.59. The minimum Gasteiger partial charge on any atom is -0.403 e. The zero-order valence-electron chi connectivity index (χ0n) is 17.4. The van der Waals surface area contributed by atoms with Gasteiger partial charge in [-0.2, -0.15) is 0 Å². The molecule has 5 atom stereocenters. The molecule has 0 saturated carbocycles. The van der Waals surface area contributed by atoms with Crippen molar-refractivity contribution < 1.29 is 42.3 Å². The van der Waals surface area contributed by atoms with Crippen LogP contribution in [0.4, 0.5) is 4.39 Å². The van der Waals surface area contributed by atoms with Gasteiger partial charge in [-0.05, 0) is 31.6 Å². The van der Waals surface area contributed by atoms with E-state index in [-0.39, 0.29) is 29.0 Å². The molecule has 0 spiro atoms. The van der Waals surface area contributed by atoms with Crippen LogP contribution in [-0.2, 0) is 25.0 Å². The van der Waals surface area contributed by atoms with Crippen LogP contribution < -0.4 is 10.1 Å². The lowest BCUT2D eigenvalue weighted by molar-refractivity contribution is -0.205. The molecule has 0 bridgehead atoms. The molecule has 4 rings (SSSR count). The van der Waals surface area contributed by atoms with Gasteiger partial charge in [-0.3, -0.25) is 28.2 Å². The van der Waals surface area contributed by atoms with E-state index < -0.39 is 44.3 Å². The lowest BCUT2D eigenvalue weighted by atomic mass is 10.1. The van der Waals surface area contributed by atoms with Crippen LogP contribution >= 0.6 is 20.0 Å². The molecule has 1 fully saturated rings. The maximum absolute atomic E-state index is 15.5. The van der Waals surface area contributed by atoms with Crippen LogP contribution in [0, 0.1) is 18.6 Å². The van der Waals surface area contributed by atoms with Crippen molar-refractivity contribution in [3.05, 3.63) is 55.7 Å². The summed E-state index contributed by atoms with van der Waals surface area (Å²) in [4.78, 5) is 24.9. The number of aliphatic hydroxyl groups is 2. The molecule has 1 saturated heterocycles. The van der Waals surface area contributed by atoms with Crippen molar-refractivity contribution in [1.29, 1.82) is 0 Å². The molecule has 2 aliphatic rings. The summed E-state index contributed by atoms with van der Waals surface area (Å²) in [5, 5.41) is 20.6. The molecule has 1 aromatic carbocycles. The lowest BCUT2D eigenvalue weighted by Crippen LogP contribution is -2.43. The van der Waals surface area contributed by atoms with Gasteiger partial charge < -0.3 is 19.5 Å². The molecular weight excluding hydrogens is 482 g/mol. The second-order valence-electron chi connectivity index (χ2n) is 7.75. The summed E-state index contributed by atoms with van der Waals surface area (Å²) >= 11 is 4.97. The summed E-state index contributed by atoms with van der Waals surface area (Å²) in [5.41, 5.74) is 1.12. The van der Waals surface area contributed by atoms with Crippen LogP contribution in [0.25, 0.3) is 0 Å². The van der Waals surface area contributed by atoms with Gasteiger partial charge in [0, 0.05) is 11.8 Å². The third-order valence-corrected chi connectivity index (χ3v) is 6.88. The van der Waals surface area contributed by atoms with Crippen LogP contribution in [0.5, 0.6) is 5.75 Å². The highest BCUT2D eigenvalue weighted by Gasteiger charge is 2.57. The molecule has 1 aromatic heterocycles. The van der Waals surface area contributed by atoms with Crippen molar-refractivity contribution in [3.63, 3.8) is 0 Å². The van der Waals surface area contributed by atoms with Gasteiger partial charge in [0.2, 0.25) is 0 Å². The van der Waals surface area contributed by atoms with E-state index in [0.29, 0.717) is 11.1 Å². The van der Waals surface area contributed by atoms with Crippen molar-refractivity contribution in [1.82, 2.24) is 9.55 Å². The molecule has 3 heterocycles. The van der Waals surface area contributed by atoms with Gasteiger partial charge in [-0.1, -0.05) is 17.7 Å². The fourth-order valence-electron chi connectivity index (χ4n) is 3.66. The first-order chi connectivity index (χ1) is 15.5. The van der Waals surface area contributed by atoms with E-state index >= 15 is 4.39 Å². The highest BCUT2D eigenvalue weighted by Crippen LogP contribution is 2.56. The van der Waals surface area contributed by atoms with E-state index in [2.05, 4.69) is 4.98 Å². The zero-order valence-corrected chi connectivity index (χ0v) is 19.1. The first-order valence-corrected chi connectivity index (χ1v) is 11.6. The minimum atomic E-state index is -4.28. The third kappa shape index (κ3) is 4.33. The predicted molar refractivity (Wildman–Crippen MR) is 112 cm³/mol. The van der Waals surface area contributed by atoms with Crippen molar-refractivity contribution >= 4 is 26.3 Å². The Balaban J connectivity index is 1.54. The molecule has 0 aliphatic carbocycles. The Morgan fingerprint density at radius 3 is 2.85 bits per heavy atom. The number of aliphatic hydroxyl groups excluding tert-OH is 2. The number of alkyl halides is 1. The highest BCUT2D eigenvalue weighted by molar-refractivity contribution is 7.71. The van der Waals surface area contributed by atoms with Gasteiger partial charge in [0.25, 0.3) is 11.4 Å². The second-order valence-corrected chi connectivity index (χ2v) is 9.73. The van der Waals surface area contributed by atoms with Gasteiger partial charge >= 0.3 is 7.82 Å². The summed E-state index contributed by atoms with van der Waals surface area (Å²) in [5.74, 6) is -2.77. The molecule has 0 amide bonds. The van der Waals surface area contributed by atoms with Crippen molar-refractivity contribution in [2.75, 3.05) is 6.61 Å². The Hall–Kier alpha value is -2.25. The standard InChI is InChI=1S/C19H20FN2O9PS/c1-9-3-10(2)14-11(4-9)7-28-32(27,31-14)29-8-19(20)15(25)13(24)17(30-19)22-5-12(6-23)16(26)21-18(22)33/h3-6,13,15,17,24-25H,7-8H2,1-2H3,(H,21,26,33)/t13-,15+,17-,19-,32?/m1/s1. The molecule has 33 heavy (non-hydrogen) atoms. The average molecular weight is 502 g/mol. The number of fused-ring (bicyclic) bond motifs is 1. The zero-order chi connectivity index (χ0) is 24.1. The number of nitrogens with one attached hydrogen (secondary N) is 1. The number of ether oxygens (including phenoxy) is 1. The van der Waals surface area contributed by atoms with E-state index in [4.69, 9.17) is 30.5 Å². The molecular formula is C19H20FN2O9PS. The summed E-state index contributed by atoms with van der Waals surface area (Å²) in [6.07, 6.45) is -4.48. The quantitative estimate of drug-likeness (QED) is 0.315. The van der Waals surface area contributed by atoms with Crippen LogP contribution in [0.15, 0.2) is 23.1 Å². The maximum Gasteiger partial charge on any atom is 0.530 e. The fraction of sp³-hybridized carbons (Fsp3) is 0.421. The first kappa shape index (κ1) is 23.9. The number of nitrogens with zero attached hydrogens (tertiary/aromatic N) is 1. The van der Waals surface area contributed by atoms with E-state index in [1.807, 2.05) is 6.92 Å². The van der Waals surface area contributed by atoms with Crippen LogP contribution in [0.2, 0.25) is 0 Å². The third-order valence-electron chi connectivity index (χ3n) is 5.27. The number of phosphoric ester groups is 1. The molecule has 11 nitrogen and oxygen atoms in total. The predicted octanol–water partition coefficient (Wildman–Crippen LogP) is 1.99. The number of benzene rings is 1. The van der Waals surface area contributed by atoms with E-state index in [1.54, 1.807) is 19.1 Å². The fourth-order valence-corrected chi connectivity index (χ4v) is 5.21. The maximum atomic E-state index is 15.5. The first-order valence-electron chi connectivity index (χ1n) is 9.69. The monoisotopic (exact) mass is 502 g/mol. The Kier molecular flexibility index (Phi) is 6.16. The molecule has 1 unspecified atom stereocenters. The molecule has 178 valence electrons. The lowest BCUT2D eigenvalue weighted by Gasteiger charge is -2.29. The van der Waals surface area contributed by atoms with Gasteiger partial charge in [0.15, 0.2) is 17.3 Å². The number of aromatic nitrogens is 2.